The number of amides is 1. The predicted octanol–water partition coefficient (Wildman–Crippen LogP) is 1.11. The molecule has 3 N–H and O–H groups in total. The van der Waals surface area contributed by atoms with Gasteiger partial charge in [-0.1, -0.05) is 30.3 Å². The number of aromatic nitrogens is 2. The van der Waals surface area contributed by atoms with Crippen molar-refractivity contribution >= 4 is 17.5 Å². The first-order chi connectivity index (χ1) is 9.60. The number of likely N-dealkylation sites (N-methyl/N-ethyl adjacent to an activating group) is 1. The number of nitrogens with one attached hydrogen (secondary N) is 1. The average Bonchev–Trinajstić information content (AvgIpc) is 2.47. The zero-order valence-corrected chi connectivity index (χ0v) is 11.5. The summed E-state index contributed by atoms with van der Waals surface area (Å²) in [4.78, 5) is 21.6. The molecule has 0 atom stereocenters. The van der Waals surface area contributed by atoms with E-state index in [0.29, 0.717) is 17.5 Å². The summed E-state index contributed by atoms with van der Waals surface area (Å²) in [5.74, 6) is 1.52. The fourth-order valence-electron chi connectivity index (χ4n) is 1.79. The molecule has 6 nitrogen and oxygen atoms in total. The van der Waals surface area contributed by atoms with Crippen LogP contribution in [0.2, 0.25) is 0 Å². The molecule has 1 aromatic carbocycles. The van der Waals surface area contributed by atoms with Gasteiger partial charge in [-0.3, -0.25) is 4.79 Å². The Bertz CT molecular complexity index is 600. The Morgan fingerprint density at radius 2 is 2.00 bits per heavy atom. The second-order valence-corrected chi connectivity index (χ2v) is 4.37. The minimum Gasteiger partial charge on any atom is -0.373 e. The molecule has 1 heterocycles. The van der Waals surface area contributed by atoms with Gasteiger partial charge >= 0.3 is 0 Å². The lowest BCUT2D eigenvalue weighted by Crippen LogP contribution is -2.31. The first-order valence-electron chi connectivity index (χ1n) is 6.22. The first-order valence-corrected chi connectivity index (χ1v) is 6.22. The van der Waals surface area contributed by atoms with Gasteiger partial charge in [0.25, 0.3) is 0 Å². The number of nitrogens with zero attached hydrogens (tertiary/aromatic N) is 3. The number of hydrogen-bond donors (Lipinski definition) is 2. The molecule has 6 heteroatoms. The van der Waals surface area contributed by atoms with Crippen LogP contribution in [0.5, 0.6) is 0 Å². The number of benzene rings is 1. The monoisotopic (exact) mass is 271 g/mol. The molecule has 104 valence electrons. The smallest absolute Gasteiger partial charge is 0.236 e. The van der Waals surface area contributed by atoms with E-state index in [1.807, 2.05) is 30.3 Å². The molecule has 0 saturated carbocycles. The Hall–Kier alpha value is -2.63. The van der Waals surface area contributed by atoms with Crippen LogP contribution in [0.4, 0.5) is 11.6 Å². The number of carbonyl (C=O) groups excluding carboxylic acids is 1. The lowest BCUT2D eigenvalue weighted by atomic mass is 10.2. The molecule has 0 aliphatic rings. The van der Waals surface area contributed by atoms with E-state index in [1.165, 1.54) is 0 Å². The lowest BCUT2D eigenvalue weighted by molar-refractivity contribution is -0.116. The van der Waals surface area contributed by atoms with Gasteiger partial charge < -0.3 is 16.0 Å². The van der Waals surface area contributed by atoms with Gasteiger partial charge in [0.15, 0.2) is 5.82 Å². The summed E-state index contributed by atoms with van der Waals surface area (Å²) < 4.78 is 0. The normalized spacial score (nSPS) is 10.1. The average molecular weight is 271 g/mol. The molecule has 0 aliphatic carbocycles. The van der Waals surface area contributed by atoms with Gasteiger partial charge in [0.2, 0.25) is 5.91 Å². The van der Waals surface area contributed by atoms with Crippen molar-refractivity contribution in [1.29, 1.82) is 0 Å². The van der Waals surface area contributed by atoms with Crippen LogP contribution in [0.3, 0.4) is 0 Å². The summed E-state index contributed by atoms with van der Waals surface area (Å²) in [5.41, 5.74) is 6.13. The first kappa shape index (κ1) is 13.8. The third-order valence-electron chi connectivity index (χ3n) is 2.78. The summed E-state index contributed by atoms with van der Waals surface area (Å²) >= 11 is 0. The van der Waals surface area contributed by atoms with Crippen LogP contribution in [0.25, 0.3) is 11.4 Å². The van der Waals surface area contributed by atoms with Crippen molar-refractivity contribution in [2.24, 2.45) is 5.73 Å². The van der Waals surface area contributed by atoms with Crippen LogP contribution in [0.15, 0.2) is 36.4 Å². The molecule has 2 rings (SSSR count). The van der Waals surface area contributed by atoms with Gasteiger partial charge in [0.1, 0.15) is 11.6 Å². The maximum absolute atomic E-state index is 11.0. The quantitative estimate of drug-likeness (QED) is 0.851. The fourth-order valence-corrected chi connectivity index (χ4v) is 1.79. The maximum atomic E-state index is 11.0. The molecule has 1 amide bonds. The van der Waals surface area contributed by atoms with Crippen LogP contribution < -0.4 is 16.0 Å². The number of hydrogen-bond acceptors (Lipinski definition) is 5. The topological polar surface area (TPSA) is 84.1 Å². The second kappa shape index (κ2) is 6.01. The zero-order valence-electron chi connectivity index (χ0n) is 11.5. The Balaban J connectivity index is 2.41. The fraction of sp³-hybridized carbons (Fsp3) is 0.214. The van der Waals surface area contributed by atoms with Gasteiger partial charge in [-0.2, -0.15) is 0 Å². The third-order valence-corrected chi connectivity index (χ3v) is 2.78. The molecule has 1 aromatic heterocycles. The Morgan fingerprint density at radius 3 is 2.60 bits per heavy atom. The molecule has 0 bridgehead atoms. The van der Waals surface area contributed by atoms with E-state index in [2.05, 4.69) is 15.3 Å². The molecule has 0 unspecified atom stereocenters. The van der Waals surface area contributed by atoms with Gasteiger partial charge in [0, 0.05) is 25.7 Å². The summed E-state index contributed by atoms with van der Waals surface area (Å²) in [7, 11) is 3.55. The van der Waals surface area contributed by atoms with Gasteiger partial charge in [-0.25, -0.2) is 9.97 Å². The second-order valence-electron chi connectivity index (χ2n) is 4.37. The van der Waals surface area contributed by atoms with Gasteiger partial charge in [-0.15, -0.1) is 0 Å². The van der Waals surface area contributed by atoms with Gasteiger partial charge in [0.05, 0.1) is 6.54 Å². The van der Waals surface area contributed by atoms with Crippen molar-refractivity contribution in [3.05, 3.63) is 36.4 Å². The van der Waals surface area contributed by atoms with Crippen LogP contribution >= 0.6 is 0 Å². The number of rotatable bonds is 5. The summed E-state index contributed by atoms with van der Waals surface area (Å²) in [5, 5.41) is 2.99. The Kier molecular flexibility index (Phi) is 4.14. The van der Waals surface area contributed by atoms with E-state index in [-0.39, 0.29) is 6.54 Å². The number of carbonyl (C=O) groups is 1. The highest BCUT2D eigenvalue weighted by Crippen LogP contribution is 2.21. The van der Waals surface area contributed by atoms with E-state index in [0.717, 1.165) is 5.56 Å². The molecule has 20 heavy (non-hydrogen) atoms. The van der Waals surface area contributed by atoms with Crippen LogP contribution in [-0.4, -0.2) is 36.5 Å². The highest BCUT2D eigenvalue weighted by Gasteiger charge is 2.10. The van der Waals surface area contributed by atoms with Gasteiger partial charge in [-0.05, 0) is 0 Å². The highest BCUT2D eigenvalue weighted by molar-refractivity contribution is 5.79. The van der Waals surface area contributed by atoms with Crippen molar-refractivity contribution in [1.82, 2.24) is 9.97 Å². The van der Waals surface area contributed by atoms with E-state index < -0.39 is 5.91 Å². The molecule has 0 spiro atoms. The molecule has 0 aliphatic heterocycles. The highest BCUT2D eigenvalue weighted by atomic mass is 16.1. The van der Waals surface area contributed by atoms with E-state index >= 15 is 0 Å². The van der Waals surface area contributed by atoms with E-state index in [9.17, 15) is 4.79 Å². The number of nitrogens with two attached hydrogens (primary N) is 1. The number of anilines is 2. The Labute approximate surface area is 117 Å². The SMILES string of the molecule is CNc1cc(N(C)CC(N)=O)nc(-c2ccccc2)n1. The predicted molar refractivity (Wildman–Crippen MR) is 79.5 cm³/mol. The van der Waals surface area contributed by atoms with Crippen molar-refractivity contribution in [3.8, 4) is 11.4 Å². The van der Waals surface area contributed by atoms with Crippen molar-refractivity contribution in [3.63, 3.8) is 0 Å². The summed E-state index contributed by atoms with van der Waals surface area (Å²) in [6.45, 7) is 0.106. The standard InChI is InChI=1S/C14H17N5O/c1-16-12-8-13(19(2)9-11(15)20)18-14(17-12)10-6-4-3-5-7-10/h3-8H,9H2,1-2H3,(H2,15,20)(H,16,17,18). The molecule has 0 saturated heterocycles. The van der Waals surface area contributed by atoms with Crippen molar-refractivity contribution in [2.75, 3.05) is 30.9 Å². The third kappa shape index (κ3) is 3.23. The van der Waals surface area contributed by atoms with Crippen LogP contribution in [0, 0.1) is 0 Å². The maximum Gasteiger partial charge on any atom is 0.236 e. The molecule has 0 radical (unpaired) electrons. The minimum absolute atomic E-state index is 0.106. The van der Waals surface area contributed by atoms with E-state index in [1.54, 1.807) is 25.1 Å². The van der Waals surface area contributed by atoms with Crippen LogP contribution in [0.1, 0.15) is 0 Å². The van der Waals surface area contributed by atoms with Crippen LogP contribution in [-0.2, 0) is 4.79 Å². The molecular weight excluding hydrogens is 254 g/mol. The largest absolute Gasteiger partial charge is 0.373 e. The Morgan fingerprint density at radius 1 is 1.30 bits per heavy atom. The van der Waals surface area contributed by atoms with Crippen molar-refractivity contribution in [2.45, 2.75) is 0 Å². The van der Waals surface area contributed by atoms with Crippen molar-refractivity contribution < 1.29 is 4.79 Å². The molecule has 2 aromatic rings. The summed E-state index contributed by atoms with van der Waals surface area (Å²) in [6, 6.07) is 11.4. The van der Waals surface area contributed by atoms with E-state index in [4.69, 9.17) is 5.73 Å². The molecule has 0 fully saturated rings. The minimum atomic E-state index is -0.404. The zero-order chi connectivity index (χ0) is 14.5. The lowest BCUT2D eigenvalue weighted by Gasteiger charge is -2.17. The molecular formula is C14H17N5O. The number of primary amides is 1. The summed E-state index contributed by atoms with van der Waals surface area (Å²) in [6.07, 6.45) is 0.